The molecule has 8 heteroatoms. The zero-order valence-electron chi connectivity index (χ0n) is 11.4. The monoisotopic (exact) mass is 264 g/mol. The highest BCUT2D eigenvalue weighted by molar-refractivity contribution is 5.39. The van der Waals surface area contributed by atoms with E-state index in [0.717, 1.165) is 38.8 Å². The summed E-state index contributed by atoms with van der Waals surface area (Å²) in [6.07, 6.45) is 4.23. The predicted molar refractivity (Wildman–Crippen MR) is 75.4 cm³/mol. The summed E-state index contributed by atoms with van der Waals surface area (Å²) in [6.45, 7) is 5.78. The third-order valence-corrected chi connectivity index (χ3v) is 2.38. The maximum Gasteiger partial charge on any atom is 0.227 e. The van der Waals surface area contributed by atoms with Crippen LogP contribution in [0.5, 0.6) is 0 Å². The van der Waals surface area contributed by atoms with Crippen LogP contribution in [0.25, 0.3) is 10.4 Å². The lowest BCUT2D eigenvalue weighted by Crippen LogP contribution is -2.10. The third kappa shape index (κ3) is 5.87. The molecule has 0 aromatic carbocycles. The molecule has 0 unspecified atom stereocenters. The molecule has 0 spiro atoms. The highest BCUT2D eigenvalue weighted by Gasteiger charge is 2.04. The summed E-state index contributed by atoms with van der Waals surface area (Å²) in [7, 11) is 0. The van der Waals surface area contributed by atoms with E-state index in [4.69, 9.17) is 5.53 Å². The van der Waals surface area contributed by atoms with E-state index in [1.807, 2.05) is 0 Å². The standard InChI is InChI=1S/C11H20N8/c1-3-5-7-13-9-15-10(14-8-6-4-2)17-11(16-9)18-19-12/h3-8H2,1-2H3,(H2,13,14,15,16,17). The smallest absolute Gasteiger partial charge is 0.227 e. The Balaban J connectivity index is 2.74. The maximum atomic E-state index is 8.45. The van der Waals surface area contributed by atoms with Crippen molar-refractivity contribution in [3.05, 3.63) is 10.4 Å². The molecule has 1 aromatic rings. The normalized spacial score (nSPS) is 9.79. The molecule has 0 atom stereocenters. The van der Waals surface area contributed by atoms with Crippen LogP contribution < -0.4 is 10.6 Å². The third-order valence-electron chi connectivity index (χ3n) is 2.38. The zero-order chi connectivity index (χ0) is 13.9. The largest absolute Gasteiger partial charge is 0.354 e. The second-order valence-electron chi connectivity index (χ2n) is 4.03. The summed E-state index contributed by atoms with van der Waals surface area (Å²) in [5.41, 5.74) is 8.45. The van der Waals surface area contributed by atoms with Gasteiger partial charge in [0.2, 0.25) is 17.8 Å². The molecule has 1 heterocycles. The Labute approximate surface area is 112 Å². The van der Waals surface area contributed by atoms with Gasteiger partial charge in [-0.3, -0.25) is 0 Å². The van der Waals surface area contributed by atoms with Crippen LogP contribution in [0.2, 0.25) is 0 Å². The minimum absolute atomic E-state index is 0.0792. The Morgan fingerprint density at radius 1 is 1.00 bits per heavy atom. The maximum absolute atomic E-state index is 8.45. The van der Waals surface area contributed by atoms with Crippen LogP contribution in [0.15, 0.2) is 5.11 Å². The van der Waals surface area contributed by atoms with Crippen molar-refractivity contribution in [2.75, 3.05) is 23.7 Å². The van der Waals surface area contributed by atoms with Gasteiger partial charge >= 0.3 is 0 Å². The highest BCUT2D eigenvalue weighted by atomic mass is 15.3. The summed E-state index contributed by atoms with van der Waals surface area (Å²) in [6, 6.07) is 0. The van der Waals surface area contributed by atoms with E-state index in [1.54, 1.807) is 0 Å². The second-order valence-corrected chi connectivity index (χ2v) is 4.03. The lowest BCUT2D eigenvalue weighted by molar-refractivity contribution is 0.815. The first-order chi connectivity index (χ1) is 9.30. The summed E-state index contributed by atoms with van der Waals surface area (Å²) in [4.78, 5) is 15.0. The summed E-state index contributed by atoms with van der Waals surface area (Å²) < 4.78 is 0. The number of azide groups is 1. The Morgan fingerprint density at radius 2 is 1.53 bits per heavy atom. The lowest BCUT2D eigenvalue weighted by Gasteiger charge is -2.08. The zero-order valence-corrected chi connectivity index (χ0v) is 11.4. The molecule has 0 saturated carbocycles. The van der Waals surface area contributed by atoms with Gasteiger partial charge in [0.15, 0.2) is 0 Å². The van der Waals surface area contributed by atoms with Gasteiger partial charge in [0.25, 0.3) is 0 Å². The molecule has 1 rings (SSSR count). The molecule has 0 bridgehead atoms. The fraction of sp³-hybridized carbons (Fsp3) is 0.727. The number of hydrogen-bond acceptors (Lipinski definition) is 6. The van der Waals surface area contributed by atoms with Gasteiger partial charge in [0, 0.05) is 18.0 Å². The molecule has 19 heavy (non-hydrogen) atoms. The average molecular weight is 264 g/mol. The molecule has 0 aliphatic rings. The topological polar surface area (TPSA) is 111 Å². The number of rotatable bonds is 9. The van der Waals surface area contributed by atoms with Gasteiger partial charge in [-0.05, 0) is 23.5 Å². The quantitative estimate of drug-likeness (QED) is 0.308. The van der Waals surface area contributed by atoms with Crippen LogP contribution in [0.4, 0.5) is 17.8 Å². The fourth-order valence-electron chi connectivity index (χ4n) is 1.36. The first kappa shape index (κ1) is 15.0. The fourth-order valence-corrected chi connectivity index (χ4v) is 1.36. The first-order valence-corrected chi connectivity index (χ1v) is 6.59. The van der Waals surface area contributed by atoms with E-state index in [2.05, 4.69) is 49.5 Å². The van der Waals surface area contributed by atoms with Crippen LogP contribution in [0.1, 0.15) is 39.5 Å². The highest BCUT2D eigenvalue weighted by Crippen LogP contribution is 2.12. The Bertz CT molecular complexity index is 398. The number of nitrogens with one attached hydrogen (secondary N) is 2. The van der Waals surface area contributed by atoms with E-state index in [0.29, 0.717) is 11.9 Å². The van der Waals surface area contributed by atoms with Crippen LogP contribution in [-0.2, 0) is 0 Å². The molecular weight excluding hydrogens is 244 g/mol. The summed E-state index contributed by atoms with van der Waals surface area (Å²) >= 11 is 0. The van der Waals surface area contributed by atoms with E-state index >= 15 is 0 Å². The number of nitrogens with zero attached hydrogens (tertiary/aromatic N) is 6. The predicted octanol–water partition coefficient (Wildman–Crippen LogP) is 3.24. The number of anilines is 2. The van der Waals surface area contributed by atoms with Crippen molar-refractivity contribution in [2.45, 2.75) is 39.5 Å². The molecule has 1 aromatic heterocycles. The van der Waals surface area contributed by atoms with Crippen LogP contribution in [0, 0.1) is 0 Å². The number of aromatic nitrogens is 3. The Hall–Kier alpha value is -2.08. The van der Waals surface area contributed by atoms with Crippen molar-refractivity contribution in [2.24, 2.45) is 5.11 Å². The molecule has 8 nitrogen and oxygen atoms in total. The van der Waals surface area contributed by atoms with E-state index in [1.165, 1.54) is 0 Å². The lowest BCUT2D eigenvalue weighted by atomic mass is 10.3. The minimum Gasteiger partial charge on any atom is -0.354 e. The van der Waals surface area contributed by atoms with Crippen molar-refractivity contribution in [1.82, 2.24) is 15.0 Å². The van der Waals surface area contributed by atoms with Crippen molar-refractivity contribution >= 4 is 17.8 Å². The molecule has 104 valence electrons. The molecule has 0 aliphatic carbocycles. The molecule has 0 amide bonds. The van der Waals surface area contributed by atoms with Gasteiger partial charge in [0.1, 0.15) is 0 Å². The van der Waals surface area contributed by atoms with Gasteiger partial charge in [-0.15, -0.1) is 0 Å². The molecule has 0 radical (unpaired) electrons. The average Bonchev–Trinajstić information content (AvgIpc) is 2.40. The molecule has 0 fully saturated rings. The van der Waals surface area contributed by atoms with Crippen LogP contribution in [0.3, 0.4) is 0 Å². The van der Waals surface area contributed by atoms with Crippen molar-refractivity contribution in [1.29, 1.82) is 0 Å². The first-order valence-electron chi connectivity index (χ1n) is 6.59. The van der Waals surface area contributed by atoms with Crippen LogP contribution >= 0.6 is 0 Å². The molecule has 0 saturated heterocycles. The molecular formula is C11H20N8. The van der Waals surface area contributed by atoms with E-state index in [-0.39, 0.29) is 5.95 Å². The van der Waals surface area contributed by atoms with Gasteiger partial charge in [-0.1, -0.05) is 26.7 Å². The summed E-state index contributed by atoms with van der Waals surface area (Å²) in [5.74, 6) is 0.949. The van der Waals surface area contributed by atoms with Crippen molar-refractivity contribution in [3.63, 3.8) is 0 Å². The summed E-state index contributed by atoms with van der Waals surface area (Å²) in [5, 5.41) is 9.60. The van der Waals surface area contributed by atoms with Gasteiger partial charge in [0.05, 0.1) is 0 Å². The van der Waals surface area contributed by atoms with Gasteiger partial charge < -0.3 is 10.6 Å². The number of hydrogen-bond donors (Lipinski definition) is 2. The Kier molecular flexibility index (Phi) is 7.04. The van der Waals surface area contributed by atoms with E-state index < -0.39 is 0 Å². The van der Waals surface area contributed by atoms with Crippen LogP contribution in [-0.4, -0.2) is 28.0 Å². The number of unbranched alkanes of at least 4 members (excludes halogenated alkanes) is 2. The molecule has 0 aliphatic heterocycles. The van der Waals surface area contributed by atoms with Crippen molar-refractivity contribution < 1.29 is 0 Å². The van der Waals surface area contributed by atoms with Crippen molar-refractivity contribution in [3.8, 4) is 0 Å². The SMILES string of the molecule is CCCCNc1nc(N=[N+]=[N-])nc(NCCCC)n1. The van der Waals surface area contributed by atoms with Gasteiger partial charge in [-0.25, -0.2) is 0 Å². The second kappa shape index (κ2) is 8.93. The van der Waals surface area contributed by atoms with Gasteiger partial charge in [-0.2, -0.15) is 15.0 Å². The molecule has 2 N–H and O–H groups in total. The van der Waals surface area contributed by atoms with E-state index in [9.17, 15) is 0 Å². The Morgan fingerprint density at radius 3 is 1.95 bits per heavy atom. The minimum atomic E-state index is 0.0792.